The maximum atomic E-state index is 10.0. The topological polar surface area (TPSA) is 38.7 Å². The summed E-state index contributed by atoms with van der Waals surface area (Å²) >= 11 is 0. The SMILES string of the molecule is COCCOCC(O)c1cccc(CC(C)C)c1. The van der Waals surface area contributed by atoms with E-state index in [0.717, 1.165) is 12.0 Å². The van der Waals surface area contributed by atoms with Crippen molar-refractivity contribution >= 4 is 0 Å². The average molecular weight is 252 g/mol. The summed E-state index contributed by atoms with van der Waals surface area (Å²) in [6, 6.07) is 8.09. The van der Waals surface area contributed by atoms with Crippen LogP contribution < -0.4 is 0 Å². The highest BCUT2D eigenvalue weighted by atomic mass is 16.5. The standard InChI is InChI=1S/C15H24O3/c1-12(2)9-13-5-4-6-14(10-13)15(16)11-18-8-7-17-3/h4-6,10,12,15-16H,7-9,11H2,1-3H3. The lowest BCUT2D eigenvalue weighted by atomic mass is 9.99. The summed E-state index contributed by atoms with van der Waals surface area (Å²) in [6.45, 7) is 5.77. The highest BCUT2D eigenvalue weighted by Crippen LogP contribution is 2.17. The molecule has 0 saturated heterocycles. The van der Waals surface area contributed by atoms with Crippen LogP contribution in [0.1, 0.15) is 31.1 Å². The second-order valence-electron chi connectivity index (χ2n) is 4.93. The predicted molar refractivity (Wildman–Crippen MR) is 72.6 cm³/mol. The summed E-state index contributed by atoms with van der Waals surface area (Å²) < 4.78 is 10.2. The third-order valence-electron chi connectivity index (χ3n) is 2.69. The highest BCUT2D eigenvalue weighted by molar-refractivity contribution is 5.25. The van der Waals surface area contributed by atoms with Crippen molar-refractivity contribution in [1.82, 2.24) is 0 Å². The minimum absolute atomic E-state index is 0.314. The molecule has 0 radical (unpaired) electrons. The summed E-state index contributed by atoms with van der Waals surface area (Å²) in [4.78, 5) is 0. The zero-order valence-electron chi connectivity index (χ0n) is 11.6. The van der Waals surface area contributed by atoms with Gasteiger partial charge in [-0.15, -0.1) is 0 Å². The maximum Gasteiger partial charge on any atom is 0.102 e. The molecule has 18 heavy (non-hydrogen) atoms. The van der Waals surface area contributed by atoms with Crippen LogP contribution in [0.15, 0.2) is 24.3 Å². The maximum absolute atomic E-state index is 10.0. The van der Waals surface area contributed by atoms with Crippen molar-refractivity contribution < 1.29 is 14.6 Å². The summed E-state index contributed by atoms with van der Waals surface area (Å²) in [5, 5.41) is 10.0. The van der Waals surface area contributed by atoms with Gasteiger partial charge in [0.15, 0.2) is 0 Å². The van der Waals surface area contributed by atoms with Crippen LogP contribution in [0, 0.1) is 5.92 Å². The molecule has 0 aliphatic heterocycles. The lowest BCUT2D eigenvalue weighted by Gasteiger charge is -2.13. The number of hydrogen-bond donors (Lipinski definition) is 1. The number of methoxy groups -OCH3 is 1. The fraction of sp³-hybridized carbons (Fsp3) is 0.600. The lowest BCUT2D eigenvalue weighted by molar-refractivity contribution is 0.0126. The van der Waals surface area contributed by atoms with Gasteiger partial charge in [-0.1, -0.05) is 38.1 Å². The van der Waals surface area contributed by atoms with Crippen molar-refractivity contribution in [1.29, 1.82) is 0 Å². The second-order valence-corrected chi connectivity index (χ2v) is 4.93. The summed E-state index contributed by atoms with van der Waals surface area (Å²) in [7, 11) is 1.63. The molecule has 1 rings (SSSR count). The Balaban J connectivity index is 2.48. The van der Waals surface area contributed by atoms with Crippen LogP contribution in [0.25, 0.3) is 0 Å². The molecular formula is C15H24O3. The molecule has 102 valence electrons. The van der Waals surface area contributed by atoms with Crippen LogP contribution in [0.3, 0.4) is 0 Å². The van der Waals surface area contributed by atoms with Gasteiger partial charge in [-0.05, 0) is 23.5 Å². The molecule has 0 aliphatic rings. The van der Waals surface area contributed by atoms with Gasteiger partial charge in [-0.25, -0.2) is 0 Å². The molecule has 3 heteroatoms. The van der Waals surface area contributed by atoms with Crippen molar-refractivity contribution in [2.24, 2.45) is 5.92 Å². The van der Waals surface area contributed by atoms with Crippen molar-refractivity contribution in [3.05, 3.63) is 35.4 Å². The second kappa shape index (κ2) is 8.25. The van der Waals surface area contributed by atoms with Gasteiger partial charge in [0.2, 0.25) is 0 Å². The highest BCUT2D eigenvalue weighted by Gasteiger charge is 2.08. The van der Waals surface area contributed by atoms with E-state index in [-0.39, 0.29) is 0 Å². The van der Waals surface area contributed by atoms with E-state index in [2.05, 4.69) is 26.0 Å². The molecule has 0 bridgehead atoms. The number of ether oxygens (including phenoxy) is 2. The molecule has 0 spiro atoms. The Kier molecular flexibility index (Phi) is 6.94. The molecule has 0 heterocycles. The van der Waals surface area contributed by atoms with E-state index in [1.807, 2.05) is 12.1 Å². The summed E-state index contributed by atoms with van der Waals surface area (Å²) in [5.74, 6) is 0.621. The van der Waals surface area contributed by atoms with Crippen molar-refractivity contribution in [2.45, 2.75) is 26.4 Å². The monoisotopic (exact) mass is 252 g/mol. The average Bonchev–Trinajstić information content (AvgIpc) is 2.34. The number of hydrogen-bond acceptors (Lipinski definition) is 3. The third-order valence-corrected chi connectivity index (χ3v) is 2.69. The van der Waals surface area contributed by atoms with Gasteiger partial charge in [0.05, 0.1) is 19.8 Å². The first kappa shape index (κ1) is 15.2. The Morgan fingerprint density at radius 3 is 2.67 bits per heavy atom. The molecule has 0 aromatic heterocycles. The molecular weight excluding hydrogens is 228 g/mol. The zero-order valence-corrected chi connectivity index (χ0v) is 11.6. The first-order valence-electron chi connectivity index (χ1n) is 6.47. The van der Waals surface area contributed by atoms with E-state index in [4.69, 9.17) is 9.47 Å². The van der Waals surface area contributed by atoms with Gasteiger partial charge in [-0.2, -0.15) is 0 Å². The van der Waals surface area contributed by atoms with Crippen LogP contribution in [0.5, 0.6) is 0 Å². The van der Waals surface area contributed by atoms with Gasteiger partial charge >= 0.3 is 0 Å². The largest absolute Gasteiger partial charge is 0.386 e. The Labute approximate surface area is 110 Å². The number of aliphatic hydroxyl groups excluding tert-OH is 1. The Bertz CT molecular complexity index is 336. The van der Waals surface area contributed by atoms with E-state index >= 15 is 0 Å². The van der Waals surface area contributed by atoms with E-state index in [1.54, 1.807) is 7.11 Å². The van der Waals surface area contributed by atoms with Crippen LogP contribution >= 0.6 is 0 Å². The fourth-order valence-electron chi connectivity index (χ4n) is 1.83. The Hall–Kier alpha value is -0.900. The molecule has 0 amide bonds. The molecule has 0 aliphatic carbocycles. The van der Waals surface area contributed by atoms with Crippen LogP contribution in [-0.4, -0.2) is 32.0 Å². The molecule has 1 atom stereocenters. The number of aliphatic hydroxyl groups is 1. The predicted octanol–water partition coefficient (Wildman–Crippen LogP) is 2.58. The minimum atomic E-state index is -0.561. The first-order chi connectivity index (χ1) is 8.63. The molecule has 3 nitrogen and oxygen atoms in total. The van der Waals surface area contributed by atoms with Gasteiger partial charge in [0, 0.05) is 7.11 Å². The third kappa shape index (κ3) is 5.63. The smallest absolute Gasteiger partial charge is 0.102 e. The van der Waals surface area contributed by atoms with Gasteiger partial charge < -0.3 is 14.6 Å². The fourth-order valence-corrected chi connectivity index (χ4v) is 1.83. The molecule has 0 fully saturated rings. The van der Waals surface area contributed by atoms with Crippen molar-refractivity contribution in [3.63, 3.8) is 0 Å². The van der Waals surface area contributed by atoms with Gasteiger partial charge in [0.1, 0.15) is 6.10 Å². The normalized spacial score (nSPS) is 12.9. The van der Waals surface area contributed by atoms with Crippen molar-refractivity contribution in [3.8, 4) is 0 Å². The van der Waals surface area contributed by atoms with Crippen molar-refractivity contribution in [2.75, 3.05) is 26.9 Å². The van der Waals surface area contributed by atoms with E-state index in [1.165, 1.54) is 5.56 Å². The summed E-state index contributed by atoms with van der Waals surface area (Å²) in [5.41, 5.74) is 2.18. The molecule has 0 saturated carbocycles. The molecule has 1 N–H and O–H groups in total. The zero-order chi connectivity index (χ0) is 13.4. The molecule has 1 aromatic carbocycles. The lowest BCUT2D eigenvalue weighted by Crippen LogP contribution is -2.11. The number of rotatable bonds is 8. The molecule has 1 unspecified atom stereocenters. The van der Waals surface area contributed by atoms with E-state index < -0.39 is 6.10 Å². The minimum Gasteiger partial charge on any atom is -0.386 e. The van der Waals surface area contributed by atoms with Gasteiger partial charge in [-0.3, -0.25) is 0 Å². The molecule has 1 aromatic rings. The van der Waals surface area contributed by atoms with Crippen LogP contribution in [-0.2, 0) is 15.9 Å². The van der Waals surface area contributed by atoms with E-state index in [0.29, 0.717) is 25.7 Å². The first-order valence-corrected chi connectivity index (χ1v) is 6.47. The Morgan fingerprint density at radius 2 is 2.00 bits per heavy atom. The summed E-state index contributed by atoms with van der Waals surface area (Å²) in [6.07, 6.45) is 0.472. The van der Waals surface area contributed by atoms with Gasteiger partial charge in [0.25, 0.3) is 0 Å². The Morgan fingerprint density at radius 1 is 1.22 bits per heavy atom. The van der Waals surface area contributed by atoms with Crippen LogP contribution in [0.4, 0.5) is 0 Å². The van der Waals surface area contributed by atoms with Crippen LogP contribution in [0.2, 0.25) is 0 Å². The van der Waals surface area contributed by atoms with E-state index in [9.17, 15) is 5.11 Å². The number of benzene rings is 1. The quantitative estimate of drug-likeness (QED) is 0.723.